The van der Waals surface area contributed by atoms with Crippen molar-refractivity contribution >= 4 is 54.3 Å². The topological polar surface area (TPSA) is 18.1 Å². The average Bonchev–Trinajstić information content (AvgIpc) is 3.86. The number of benzene rings is 9. The van der Waals surface area contributed by atoms with Crippen LogP contribution in [0.1, 0.15) is 0 Å². The zero-order chi connectivity index (χ0) is 35.6. The van der Waals surface area contributed by atoms with Crippen LogP contribution >= 0.6 is 0 Å². The monoisotopic (exact) mass is 687 g/mol. The van der Waals surface area contributed by atoms with Crippen molar-refractivity contribution in [1.82, 2.24) is 4.57 Å². The summed E-state index contributed by atoms with van der Waals surface area (Å²) < 4.78 is 8.90. The summed E-state index contributed by atoms with van der Waals surface area (Å²) in [6.45, 7) is 0. The van der Waals surface area contributed by atoms with Crippen molar-refractivity contribution in [2.45, 2.75) is 0 Å². The summed E-state index contributed by atoms with van der Waals surface area (Å²) in [5.74, 6) is 0. The van der Waals surface area contributed by atoms with Gasteiger partial charge in [-0.15, -0.1) is 0 Å². The highest BCUT2D eigenvalue weighted by Crippen LogP contribution is 2.48. The van der Waals surface area contributed by atoms with Gasteiger partial charge in [0.2, 0.25) is 0 Å². The van der Waals surface area contributed by atoms with Crippen molar-refractivity contribution in [3.05, 3.63) is 200 Å². The Bertz CT molecular complexity index is 3150. The fourth-order valence-electron chi connectivity index (χ4n) is 8.62. The highest BCUT2D eigenvalue weighted by molar-refractivity contribution is 6.26. The van der Waals surface area contributed by atoms with Gasteiger partial charge in [-0.05, 0) is 108 Å². The molecule has 0 saturated carbocycles. The van der Waals surface area contributed by atoms with Crippen LogP contribution in [0.2, 0.25) is 0 Å². The van der Waals surface area contributed by atoms with Gasteiger partial charge >= 0.3 is 0 Å². The van der Waals surface area contributed by atoms with Crippen molar-refractivity contribution < 1.29 is 4.42 Å². The first-order valence-electron chi connectivity index (χ1n) is 18.5. The minimum Gasteiger partial charge on any atom is -0.456 e. The molecule has 2 heterocycles. The molecule has 252 valence electrons. The number of fused-ring (bicyclic) bond motifs is 6. The van der Waals surface area contributed by atoms with Crippen LogP contribution in [0.25, 0.3) is 105 Å². The first-order valence-corrected chi connectivity index (χ1v) is 18.5. The van der Waals surface area contributed by atoms with Crippen LogP contribution < -0.4 is 0 Å². The average molecular weight is 688 g/mol. The maximum atomic E-state index is 6.48. The van der Waals surface area contributed by atoms with E-state index in [1.807, 2.05) is 6.07 Å². The van der Waals surface area contributed by atoms with Crippen LogP contribution in [0.15, 0.2) is 205 Å². The molecule has 0 aliphatic rings. The lowest BCUT2D eigenvalue weighted by molar-refractivity contribution is 0.669. The van der Waals surface area contributed by atoms with Crippen molar-refractivity contribution in [2.75, 3.05) is 0 Å². The fraction of sp³-hybridized carbons (Fsp3) is 0. The van der Waals surface area contributed by atoms with Crippen LogP contribution in [0.5, 0.6) is 0 Å². The molecule has 2 heteroatoms. The van der Waals surface area contributed by atoms with E-state index in [0.717, 1.165) is 39.0 Å². The molecule has 0 spiro atoms. The third-order valence-electron chi connectivity index (χ3n) is 11.0. The normalized spacial score (nSPS) is 11.7. The van der Waals surface area contributed by atoms with E-state index in [9.17, 15) is 0 Å². The molecule has 0 radical (unpaired) electrons. The molecule has 0 N–H and O–H groups in total. The molecule has 11 rings (SSSR count). The Kier molecular flexibility index (Phi) is 6.90. The third kappa shape index (κ3) is 4.74. The van der Waals surface area contributed by atoms with E-state index in [2.05, 4.69) is 199 Å². The maximum absolute atomic E-state index is 6.48. The molecule has 0 unspecified atom stereocenters. The third-order valence-corrected chi connectivity index (χ3v) is 11.0. The molecule has 0 bridgehead atoms. The second kappa shape index (κ2) is 12.2. The Morgan fingerprint density at radius 3 is 1.67 bits per heavy atom. The molecule has 0 aliphatic carbocycles. The summed E-state index contributed by atoms with van der Waals surface area (Å²) in [5, 5.41) is 9.57. The molecule has 0 saturated heterocycles. The fourth-order valence-corrected chi connectivity index (χ4v) is 8.62. The zero-order valence-corrected chi connectivity index (χ0v) is 29.4. The van der Waals surface area contributed by atoms with E-state index in [4.69, 9.17) is 4.42 Å². The van der Waals surface area contributed by atoms with Gasteiger partial charge in [0, 0.05) is 16.5 Å². The molecule has 0 atom stereocenters. The molecule has 54 heavy (non-hydrogen) atoms. The van der Waals surface area contributed by atoms with Crippen LogP contribution in [-0.4, -0.2) is 4.57 Å². The predicted octanol–water partition coefficient (Wildman–Crippen LogP) is 14.5. The lowest BCUT2D eigenvalue weighted by Gasteiger charge is -2.21. The lowest BCUT2D eigenvalue weighted by atomic mass is 9.84. The summed E-state index contributed by atoms with van der Waals surface area (Å²) in [5.41, 5.74) is 12.4. The van der Waals surface area contributed by atoms with Gasteiger partial charge in [-0.2, -0.15) is 0 Å². The Morgan fingerprint density at radius 1 is 0.333 bits per heavy atom. The predicted molar refractivity (Wildman–Crippen MR) is 227 cm³/mol. The van der Waals surface area contributed by atoms with Crippen molar-refractivity contribution in [3.8, 4) is 50.5 Å². The Morgan fingerprint density at radius 2 is 0.926 bits per heavy atom. The number of nitrogens with zero attached hydrogens (tertiary/aromatic N) is 1. The van der Waals surface area contributed by atoms with Gasteiger partial charge in [-0.3, -0.25) is 0 Å². The van der Waals surface area contributed by atoms with Crippen molar-refractivity contribution in [2.24, 2.45) is 0 Å². The van der Waals surface area contributed by atoms with Gasteiger partial charge in [0.05, 0.1) is 11.4 Å². The Hall–Kier alpha value is -7.16. The summed E-state index contributed by atoms with van der Waals surface area (Å²) >= 11 is 0. The van der Waals surface area contributed by atoms with Gasteiger partial charge in [-0.1, -0.05) is 158 Å². The number of hydrogen-bond acceptors (Lipinski definition) is 1. The minimum atomic E-state index is 0.892. The number of para-hydroxylation sites is 1. The van der Waals surface area contributed by atoms with Gasteiger partial charge in [0.25, 0.3) is 0 Å². The minimum absolute atomic E-state index is 0.892. The maximum Gasteiger partial charge on any atom is 0.136 e. The first-order chi connectivity index (χ1) is 26.8. The van der Waals surface area contributed by atoms with E-state index in [1.54, 1.807) is 0 Å². The number of aromatic nitrogens is 1. The highest BCUT2D eigenvalue weighted by atomic mass is 16.3. The van der Waals surface area contributed by atoms with Gasteiger partial charge in [-0.25, -0.2) is 0 Å². The molecule has 2 nitrogen and oxygen atoms in total. The molecule has 0 amide bonds. The molecule has 9 aromatic carbocycles. The standard InChI is InChI=1S/C52H33NO/c1-3-15-35(16-4-1)46-30-31-47(36-17-5-2-6-18-36)53(46)39-28-29-42-45(33-39)51(44-23-13-25-49-52(44)43-22-11-12-24-48(43)54-49)41-21-10-9-20-40(41)50(42)38-27-26-34-14-7-8-19-37(34)32-38/h1-33H. The van der Waals surface area contributed by atoms with Crippen molar-refractivity contribution in [1.29, 1.82) is 0 Å². The summed E-state index contributed by atoms with van der Waals surface area (Å²) in [6, 6.07) is 72.3. The molecule has 0 aliphatic heterocycles. The van der Waals surface area contributed by atoms with Crippen LogP contribution in [0.3, 0.4) is 0 Å². The number of hydrogen-bond donors (Lipinski definition) is 0. The van der Waals surface area contributed by atoms with E-state index in [-0.39, 0.29) is 0 Å². The summed E-state index contributed by atoms with van der Waals surface area (Å²) in [4.78, 5) is 0. The first kappa shape index (κ1) is 30.5. The van der Waals surface area contributed by atoms with Crippen molar-refractivity contribution in [3.63, 3.8) is 0 Å². The van der Waals surface area contributed by atoms with Crippen LogP contribution in [-0.2, 0) is 0 Å². The number of rotatable bonds is 5. The molecule has 2 aromatic heterocycles. The largest absolute Gasteiger partial charge is 0.456 e. The molecule has 0 fully saturated rings. The molecular weight excluding hydrogens is 655 g/mol. The van der Waals surface area contributed by atoms with E-state index in [0.29, 0.717) is 0 Å². The van der Waals surface area contributed by atoms with E-state index >= 15 is 0 Å². The second-order valence-electron chi connectivity index (χ2n) is 14.0. The van der Waals surface area contributed by atoms with E-state index < -0.39 is 0 Å². The SMILES string of the molecule is c1ccc(-c2ccc(-c3ccccc3)n2-c2ccc3c(-c4ccc5ccccc5c4)c4ccccc4c(-c4cccc5oc6ccccc6c45)c3c2)cc1. The summed E-state index contributed by atoms with van der Waals surface area (Å²) in [6.07, 6.45) is 0. The quantitative estimate of drug-likeness (QED) is 0.165. The van der Waals surface area contributed by atoms with Gasteiger partial charge < -0.3 is 8.98 Å². The van der Waals surface area contributed by atoms with Crippen LogP contribution in [0, 0.1) is 0 Å². The molecule has 11 aromatic rings. The highest BCUT2D eigenvalue weighted by Gasteiger charge is 2.22. The summed E-state index contributed by atoms with van der Waals surface area (Å²) in [7, 11) is 0. The second-order valence-corrected chi connectivity index (χ2v) is 14.0. The smallest absolute Gasteiger partial charge is 0.136 e. The van der Waals surface area contributed by atoms with Crippen LogP contribution in [0.4, 0.5) is 0 Å². The lowest BCUT2D eigenvalue weighted by Crippen LogP contribution is -2.00. The van der Waals surface area contributed by atoms with E-state index in [1.165, 1.54) is 65.7 Å². The van der Waals surface area contributed by atoms with Gasteiger partial charge in [0.1, 0.15) is 11.2 Å². The zero-order valence-electron chi connectivity index (χ0n) is 29.4. The Labute approximate surface area is 312 Å². The Balaban J connectivity index is 1.29. The molecular formula is C52H33NO. The van der Waals surface area contributed by atoms with Gasteiger partial charge in [0.15, 0.2) is 0 Å². The number of furan rings is 1.